The fourth-order valence-corrected chi connectivity index (χ4v) is 2.72. The molecule has 3 rings (SSSR count). The van der Waals surface area contributed by atoms with Crippen LogP contribution in [0.4, 0.5) is 5.82 Å². The Morgan fingerprint density at radius 1 is 1.29 bits per heavy atom. The smallest absolute Gasteiger partial charge is 0.399 e. The number of nitrogens with one attached hydrogen (secondary N) is 1. The van der Waals surface area contributed by atoms with Crippen LogP contribution in [-0.2, 0) is 14.1 Å². The number of aromatic nitrogens is 1. The minimum Gasteiger partial charge on any atom is -0.399 e. The van der Waals surface area contributed by atoms with Crippen molar-refractivity contribution in [3.63, 3.8) is 0 Å². The van der Waals surface area contributed by atoms with Crippen molar-refractivity contribution < 1.29 is 14.1 Å². The molecule has 0 atom stereocenters. The predicted molar refractivity (Wildman–Crippen MR) is 95.5 cm³/mol. The van der Waals surface area contributed by atoms with E-state index in [1.807, 2.05) is 27.7 Å². The Kier molecular flexibility index (Phi) is 4.27. The summed E-state index contributed by atoms with van der Waals surface area (Å²) in [7, 11) is -0.582. The summed E-state index contributed by atoms with van der Waals surface area (Å²) in [4.78, 5) is 16.3. The Labute approximate surface area is 147 Å². The first-order valence-corrected chi connectivity index (χ1v) is 8.51. The van der Waals surface area contributed by atoms with Gasteiger partial charge in [0.1, 0.15) is 11.0 Å². The normalized spacial score (nSPS) is 21.6. The molecule has 1 aliphatic heterocycles. The summed E-state index contributed by atoms with van der Waals surface area (Å²) in [5, 5.41) is 2.99. The number of nitrogens with zero attached hydrogens (tertiary/aromatic N) is 1. The zero-order valence-corrected chi connectivity index (χ0v) is 15.2. The molecule has 2 heterocycles. The molecular formula is C17H22BClN2O3. The van der Waals surface area contributed by atoms with Crippen molar-refractivity contribution in [1.29, 1.82) is 0 Å². The van der Waals surface area contributed by atoms with Crippen LogP contribution in [0.1, 0.15) is 40.5 Å². The molecule has 24 heavy (non-hydrogen) atoms. The Morgan fingerprint density at radius 2 is 1.88 bits per heavy atom. The van der Waals surface area contributed by atoms with E-state index in [1.54, 1.807) is 12.1 Å². The number of hydrogen-bond donors (Lipinski definition) is 1. The van der Waals surface area contributed by atoms with Crippen molar-refractivity contribution in [2.45, 2.75) is 51.7 Å². The van der Waals surface area contributed by atoms with Gasteiger partial charge in [-0.15, -0.1) is 0 Å². The quantitative estimate of drug-likeness (QED) is 0.516. The topological polar surface area (TPSA) is 60.5 Å². The standard InChI is InChI=1S/C17H22BClN2O3/c1-10(11-6-7-11)15(22)21-13-9-8-12(14(19)20-13)18-23-16(2,3)17(4,5)24-18/h8-9,11H,1,6-7H2,2-5H3,(H,20,21,22). The first-order chi connectivity index (χ1) is 11.1. The summed E-state index contributed by atoms with van der Waals surface area (Å²) < 4.78 is 12.0. The fourth-order valence-electron chi connectivity index (χ4n) is 2.47. The van der Waals surface area contributed by atoms with Gasteiger partial charge in [-0.2, -0.15) is 0 Å². The lowest BCUT2D eigenvalue weighted by atomic mass is 9.80. The van der Waals surface area contributed by atoms with E-state index in [0.717, 1.165) is 12.8 Å². The minimum absolute atomic E-state index is 0.204. The Bertz CT molecular complexity index is 685. The molecule has 0 bridgehead atoms. The van der Waals surface area contributed by atoms with E-state index in [-0.39, 0.29) is 11.1 Å². The molecule has 0 radical (unpaired) electrons. The number of pyridine rings is 1. The van der Waals surface area contributed by atoms with E-state index >= 15 is 0 Å². The van der Waals surface area contributed by atoms with Gasteiger partial charge in [-0.3, -0.25) is 4.79 Å². The molecule has 5 nitrogen and oxygen atoms in total. The number of carbonyl (C=O) groups excluding carboxylic acids is 1. The summed E-state index contributed by atoms with van der Waals surface area (Å²) in [5.74, 6) is 0.501. The molecule has 128 valence electrons. The second kappa shape index (κ2) is 5.86. The van der Waals surface area contributed by atoms with Gasteiger partial charge in [0.2, 0.25) is 0 Å². The van der Waals surface area contributed by atoms with Crippen LogP contribution in [0.15, 0.2) is 24.3 Å². The maximum atomic E-state index is 12.1. The summed E-state index contributed by atoms with van der Waals surface area (Å²) in [5.41, 5.74) is 0.350. The number of rotatable bonds is 4. The zero-order chi connectivity index (χ0) is 17.7. The third-order valence-electron chi connectivity index (χ3n) is 4.99. The highest BCUT2D eigenvalue weighted by atomic mass is 35.5. The molecule has 1 saturated heterocycles. The molecule has 1 N–H and O–H groups in total. The average molecular weight is 349 g/mol. The van der Waals surface area contributed by atoms with Crippen molar-refractivity contribution in [3.8, 4) is 0 Å². The lowest BCUT2D eigenvalue weighted by molar-refractivity contribution is -0.113. The predicted octanol–water partition coefficient (Wildman–Crippen LogP) is 2.94. The molecule has 0 aromatic carbocycles. The van der Waals surface area contributed by atoms with Crippen LogP contribution >= 0.6 is 11.6 Å². The van der Waals surface area contributed by atoms with Crippen LogP contribution < -0.4 is 10.8 Å². The van der Waals surface area contributed by atoms with Crippen molar-refractivity contribution in [3.05, 3.63) is 29.4 Å². The SMILES string of the molecule is C=C(C(=O)Nc1ccc(B2OC(C)(C)C(C)(C)O2)c(Cl)n1)C1CC1. The van der Waals surface area contributed by atoms with Gasteiger partial charge < -0.3 is 14.6 Å². The molecule has 1 amide bonds. The number of hydrogen-bond acceptors (Lipinski definition) is 4. The van der Waals surface area contributed by atoms with Crippen LogP contribution in [0.5, 0.6) is 0 Å². The second-order valence-electron chi connectivity index (χ2n) is 7.42. The van der Waals surface area contributed by atoms with Gasteiger partial charge >= 0.3 is 7.12 Å². The van der Waals surface area contributed by atoms with Gasteiger partial charge in [0.25, 0.3) is 5.91 Å². The Balaban J connectivity index is 1.73. The van der Waals surface area contributed by atoms with Gasteiger partial charge in [0.05, 0.1) is 11.2 Å². The Morgan fingerprint density at radius 3 is 2.38 bits per heavy atom. The van der Waals surface area contributed by atoms with Crippen molar-refractivity contribution >= 4 is 35.9 Å². The third-order valence-corrected chi connectivity index (χ3v) is 5.29. The van der Waals surface area contributed by atoms with Crippen molar-refractivity contribution in [2.75, 3.05) is 5.32 Å². The lowest BCUT2D eigenvalue weighted by Crippen LogP contribution is -2.41. The maximum Gasteiger partial charge on any atom is 0.498 e. The largest absolute Gasteiger partial charge is 0.498 e. The highest BCUT2D eigenvalue weighted by Gasteiger charge is 2.52. The maximum absolute atomic E-state index is 12.1. The van der Waals surface area contributed by atoms with Gasteiger partial charge in [0.15, 0.2) is 0 Å². The van der Waals surface area contributed by atoms with E-state index in [2.05, 4.69) is 16.9 Å². The molecule has 0 spiro atoms. The van der Waals surface area contributed by atoms with E-state index in [0.29, 0.717) is 22.8 Å². The molecule has 1 saturated carbocycles. The molecule has 7 heteroatoms. The van der Waals surface area contributed by atoms with Gasteiger partial charge in [-0.25, -0.2) is 4.98 Å². The first kappa shape index (κ1) is 17.5. The molecule has 0 unspecified atom stereocenters. The average Bonchev–Trinajstić information content (AvgIpc) is 3.26. The molecule has 1 aromatic rings. The van der Waals surface area contributed by atoms with E-state index < -0.39 is 18.3 Å². The molecular weight excluding hydrogens is 326 g/mol. The summed E-state index contributed by atoms with van der Waals surface area (Å²) in [6.07, 6.45) is 2.06. The first-order valence-electron chi connectivity index (χ1n) is 8.13. The zero-order valence-electron chi connectivity index (χ0n) is 14.5. The Hall–Kier alpha value is -1.37. The molecule has 2 aliphatic rings. The summed E-state index contributed by atoms with van der Waals surface area (Å²) in [6, 6.07) is 3.47. The fraction of sp³-hybridized carbons (Fsp3) is 0.529. The van der Waals surface area contributed by atoms with Crippen LogP contribution in [0.3, 0.4) is 0 Å². The van der Waals surface area contributed by atoms with E-state index in [9.17, 15) is 4.79 Å². The van der Waals surface area contributed by atoms with Crippen LogP contribution in [0.2, 0.25) is 5.15 Å². The minimum atomic E-state index is -0.582. The monoisotopic (exact) mass is 348 g/mol. The second-order valence-corrected chi connectivity index (χ2v) is 7.78. The van der Waals surface area contributed by atoms with Gasteiger partial charge in [-0.1, -0.05) is 24.2 Å². The number of anilines is 1. The molecule has 2 fully saturated rings. The number of amides is 1. The highest BCUT2D eigenvalue weighted by molar-refractivity contribution is 6.65. The third kappa shape index (κ3) is 3.23. The van der Waals surface area contributed by atoms with E-state index in [4.69, 9.17) is 20.9 Å². The molecule has 1 aliphatic carbocycles. The van der Waals surface area contributed by atoms with Crippen molar-refractivity contribution in [2.24, 2.45) is 5.92 Å². The van der Waals surface area contributed by atoms with E-state index in [1.165, 1.54) is 0 Å². The number of carbonyl (C=O) groups is 1. The summed E-state index contributed by atoms with van der Waals surface area (Å²) in [6.45, 7) is 11.7. The van der Waals surface area contributed by atoms with Gasteiger partial charge in [0, 0.05) is 11.0 Å². The van der Waals surface area contributed by atoms with Crippen LogP contribution in [-0.4, -0.2) is 29.2 Å². The summed E-state index contributed by atoms with van der Waals surface area (Å²) >= 11 is 6.29. The molecule has 1 aromatic heterocycles. The van der Waals surface area contributed by atoms with Gasteiger partial charge in [-0.05, 0) is 52.5 Å². The van der Waals surface area contributed by atoms with Crippen molar-refractivity contribution in [1.82, 2.24) is 4.98 Å². The highest BCUT2D eigenvalue weighted by Crippen LogP contribution is 2.37. The number of halogens is 1. The lowest BCUT2D eigenvalue weighted by Gasteiger charge is -2.32. The van der Waals surface area contributed by atoms with Crippen LogP contribution in [0.25, 0.3) is 0 Å². The van der Waals surface area contributed by atoms with Crippen LogP contribution in [0, 0.1) is 5.92 Å².